The Bertz CT molecular complexity index is 1420. The number of para-hydroxylation sites is 1. The highest BCUT2D eigenvalue weighted by molar-refractivity contribution is 5.93. The van der Waals surface area contributed by atoms with Gasteiger partial charge in [0.2, 0.25) is 5.89 Å². The minimum absolute atomic E-state index is 0.331. The van der Waals surface area contributed by atoms with Crippen LogP contribution in [0, 0.1) is 6.92 Å². The summed E-state index contributed by atoms with van der Waals surface area (Å²) >= 11 is 0. The normalized spacial score (nSPS) is 16.3. The van der Waals surface area contributed by atoms with Gasteiger partial charge >= 0.3 is 0 Å². The van der Waals surface area contributed by atoms with Gasteiger partial charge in [-0.1, -0.05) is 12.1 Å². The highest BCUT2D eigenvalue weighted by Gasteiger charge is 2.19. The van der Waals surface area contributed by atoms with Crippen LogP contribution in [0.2, 0.25) is 0 Å². The van der Waals surface area contributed by atoms with Crippen LogP contribution in [0.5, 0.6) is 11.5 Å². The fourth-order valence-corrected chi connectivity index (χ4v) is 4.28. The fourth-order valence-electron chi connectivity index (χ4n) is 4.28. The van der Waals surface area contributed by atoms with Crippen molar-refractivity contribution in [3.05, 3.63) is 60.3 Å². The molecule has 4 heterocycles. The van der Waals surface area contributed by atoms with Gasteiger partial charge in [0.25, 0.3) is 0 Å². The Morgan fingerprint density at radius 3 is 2.85 bits per heavy atom. The number of pyridine rings is 1. The Morgan fingerprint density at radius 1 is 1.12 bits per heavy atom. The van der Waals surface area contributed by atoms with Gasteiger partial charge in [-0.3, -0.25) is 5.10 Å². The second-order valence-electron chi connectivity index (χ2n) is 8.36. The monoisotopic (exact) mass is 440 g/mol. The predicted molar refractivity (Wildman–Crippen MR) is 128 cm³/mol. The van der Waals surface area contributed by atoms with Gasteiger partial charge in [-0.05, 0) is 62.2 Å². The zero-order valence-electron chi connectivity index (χ0n) is 18.3. The van der Waals surface area contributed by atoms with E-state index in [1.165, 1.54) is 0 Å². The van der Waals surface area contributed by atoms with Gasteiger partial charge in [-0.25, -0.2) is 9.97 Å². The molecule has 8 nitrogen and oxygen atoms in total. The van der Waals surface area contributed by atoms with Gasteiger partial charge in [-0.2, -0.15) is 5.10 Å². The van der Waals surface area contributed by atoms with Crippen LogP contribution in [0.15, 0.2) is 59.1 Å². The van der Waals surface area contributed by atoms with E-state index in [4.69, 9.17) is 9.15 Å². The summed E-state index contributed by atoms with van der Waals surface area (Å²) in [6.45, 7) is 4.00. The highest BCUT2D eigenvalue weighted by atomic mass is 16.5. The van der Waals surface area contributed by atoms with E-state index in [2.05, 4.69) is 30.8 Å². The Hall–Kier alpha value is -3.91. The number of hydrogen-bond donors (Lipinski definition) is 3. The number of aromatic nitrogens is 4. The van der Waals surface area contributed by atoms with Crippen molar-refractivity contribution in [2.24, 2.45) is 0 Å². The molecule has 8 heteroatoms. The van der Waals surface area contributed by atoms with Crippen molar-refractivity contribution in [1.29, 1.82) is 0 Å². The molecule has 3 aromatic heterocycles. The number of aromatic amines is 1. The van der Waals surface area contributed by atoms with Gasteiger partial charge in [0.15, 0.2) is 17.0 Å². The van der Waals surface area contributed by atoms with Crippen LogP contribution in [0.4, 0.5) is 5.82 Å². The number of piperidine rings is 1. The van der Waals surface area contributed by atoms with Gasteiger partial charge < -0.3 is 19.8 Å². The number of nitrogens with one attached hydrogen (secondary N) is 3. The van der Waals surface area contributed by atoms with E-state index in [1.54, 1.807) is 6.20 Å². The van der Waals surface area contributed by atoms with Crippen molar-refractivity contribution < 1.29 is 9.15 Å². The van der Waals surface area contributed by atoms with E-state index in [1.807, 2.05) is 55.5 Å². The van der Waals surface area contributed by atoms with E-state index in [0.717, 1.165) is 59.4 Å². The Balaban J connectivity index is 1.27. The molecule has 2 aromatic carbocycles. The second-order valence-corrected chi connectivity index (χ2v) is 8.36. The van der Waals surface area contributed by atoms with Crippen molar-refractivity contribution >= 4 is 28.0 Å². The second kappa shape index (κ2) is 8.22. The van der Waals surface area contributed by atoms with E-state index in [9.17, 15) is 0 Å². The number of ether oxygens (including phenoxy) is 1. The molecule has 1 fully saturated rings. The molecule has 1 aliphatic heterocycles. The number of anilines is 1. The highest BCUT2D eigenvalue weighted by Crippen LogP contribution is 2.34. The maximum atomic E-state index is 6.24. The first-order chi connectivity index (χ1) is 16.2. The van der Waals surface area contributed by atoms with Crippen molar-refractivity contribution in [3.8, 4) is 23.0 Å². The first kappa shape index (κ1) is 19.8. The van der Waals surface area contributed by atoms with Crippen molar-refractivity contribution in [2.75, 3.05) is 18.4 Å². The predicted octanol–water partition coefficient (Wildman–Crippen LogP) is 5.03. The summed E-state index contributed by atoms with van der Waals surface area (Å²) in [5.41, 5.74) is 4.34. The van der Waals surface area contributed by atoms with Crippen LogP contribution in [-0.4, -0.2) is 39.3 Å². The SMILES string of the molecule is Cc1cccc2nc(-c3ccc(Oc4ccnc5[nH]nc(N[C@@H]6CCCNC6)c45)cc3)oc12. The first-order valence-corrected chi connectivity index (χ1v) is 11.2. The van der Waals surface area contributed by atoms with Crippen molar-refractivity contribution in [2.45, 2.75) is 25.8 Å². The maximum Gasteiger partial charge on any atom is 0.227 e. The molecule has 166 valence electrons. The van der Waals surface area contributed by atoms with E-state index in [0.29, 0.717) is 29.1 Å². The van der Waals surface area contributed by atoms with Gasteiger partial charge in [0.1, 0.15) is 22.4 Å². The molecule has 1 saturated heterocycles. The number of nitrogens with zero attached hydrogens (tertiary/aromatic N) is 3. The third-order valence-electron chi connectivity index (χ3n) is 6.00. The number of H-pyrrole nitrogens is 1. The largest absolute Gasteiger partial charge is 0.456 e. The third kappa shape index (κ3) is 3.78. The van der Waals surface area contributed by atoms with Gasteiger partial charge in [0, 0.05) is 30.4 Å². The molecule has 0 saturated carbocycles. The molecular weight excluding hydrogens is 416 g/mol. The lowest BCUT2D eigenvalue weighted by Gasteiger charge is -2.23. The standard InChI is InChI=1S/C25H24N6O2/c1-15-4-2-6-19-22(15)33-25(29-19)16-7-9-18(10-8-16)32-20-11-13-27-23-21(20)24(31-30-23)28-17-5-3-12-26-14-17/h2,4,6-11,13,17,26H,3,5,12,14H2,1H3,(H2,27,28,30,31)/t17-/m1/s1. The average Bonchev–Trinajstić information content (AvgIpc) is 3.46. The number of rotatable bonds is 5. The summed E-state index contributed by atoms with van der Waals surface area (Å²) < 4.78 is 12.2. The molecule has 0 radical (unpaired) electrons. The van der Waals surface area contributed by atoms with Gasteiger partial charge in [-0.15, -0.1) is 0 Å². The summed E-state index contributed by atoms with van der Waals surface area (Å²) in [6.07, 6.45) is 3.97. The first-order valence-electron chi connectivity index (χ1n) is 11.2. The number of hydrogen-bond acceptors (Lipinski definition) is 7. The molecule has 6 rings (SSSR count). The average molecular weight is 441 g/mol. The minimum Gasteiger partial charge on any atom is -0.456 e. The fraction of sp³-hybridized carbons (Fsp3) is 0.240. The zero-order chi connectivity index (χ0) is 22.2. The summed E-state index contributed by atoms with van der Waals surface area (Å²) in [4.78, 5) is 9.02. The quantitative estimate of drug-likeness (QED) is 0.352. The molecule has 3 N–H and O–H groups in total. The summed E-state index contributed by atoms with van der Waals surface area (Å²) in [5, 5.41) is 15.3. The lowest BCUT2D eigenvalue weighted by molar-refractivity contribution is 0.478. The third-order valence-corrected chi connectivity index (χ3v) is 6.00. The minimum atomic E-state index is 0.331. The van der Waals surface area contributed by atoms with Crippen molar-refractivity contribution in [3.63, 3.8) is 0 Å². The number of fused-ring (bicyclic) bond motifs is 2. The summed E-state index contributed by atoms with van der Waals surface area (Å²) in [7, 11) is 0. The molecule has 0 bridgehead atoms. The smallest absolute Gasteiger partial charge is 0.227 e. The number of aryl methyl sites for hydroxylation is 1. The lowest BCUT2D eigenvalue weighted by Crippen LogP contribution is -2.38. The molecular formula is C25H24N6O2. The lowest BCUT2D eigenvalue weighted by atomic mass is 10.1. The molecule has 0 spiro atoms. The van der Waals surface area contributed by atoms with Crippen LogP contribution in [0.1, 0.15) is 18.4 Å². The molecule has 1 atom stereocenters. The summed E-state index contributed by atoms with van der Waals surface area (Å²) in [6, 6.07) is 15.9. The van der Waals surface area contributed by atoms with Crippen LogP contribution < -0.4 is 15.4 Å². The molecule has 0 unspecified atom stereocenters. The van der Waals surface area contributed by atoms with Crippen molar-refractivity contribution in [1.82, 2.24) is 25.5 Å². The number of oxazole rings is 1. The molecule has 0 aliphatic carbocycles. The van der Waals surface area contributed by atoms with Crippen LogP contribution in [0.25, 0.3) is 33.6 Å². The van der Waals surface area contributed by atoms with Gasteiger partial charge in [0.05, 0.1) is 0 Å². The zero-order valence-corrected chi connectivity index (χ0v) is 18.3. The molecule has 1 aliphatic rings. The Morgan fingerprint density at radius 2 is 2.03 bits per heavy atom. The Labute approximate surface area is 190 Å². The van der Waals surface area contributed by atoms with E-state index >= 15 is 0 Å². The molecule has 5 aromatic rings. The summed E-state index contributed by atoms with van der Waals surface area (Å²) in [5.74, 6) is 2.77. The Kier molecular flexibility index (Phi) is 4.92. The van der Waals surface area contributed by atoms with Crippen LogP contribution in [0.3, 0.4) is 0 Å². The van der Waals surface area contributed by atoms with E-state index < -0.39 is 0 Å². The maximum absolute atomic E-state index is 6.24. The van der Waals surface area contributed by atoms with E-state index in [-0.39, 0.29) is 0 Å². The van der Waals surface area contributed by atoms with Crippen LogP contribution in [-0.2, 0) is 0 Å². The topological polar surface area (TPSA) is 101 Å². The molecule has 33 heavy (non-hydrogen) atoms. The molecule has 0 amide bonds. The number of benzene rings is 2. The van der Waals surface area contributed by atoms with Crippen LogP contribution >= 0.6 is 0 Å².